The number of likely N-dealkylation sites (tertiary alicyclic amines) is 1. The summed E-state index contributed by atoms with van der Waals surface area (Å²) >= 11 is 3.37. The molecule has 0 saturated carbocycles. The highest BCUT2D eigenvalue weighted by Crippen LogP contribution is 2.23. The second-order valence-electron chi connectivity index (χ2n) is 5.70. The Labute approximate surface area is 124 Å². The van der Waals surface area contributed by atoms with Gasteiger partial charge >= 0.3 is 6.09 Å². The molecular formula is C14H23BrN2O2. The molecule has 1 aliphatic heterocycles. The monoisotopic (exact) mass is 330 g/mol. The van der Waals surface area contributed by atoms with E-state index < -0.39 is 5.60 Å². The molecule has 0 unspecified atom stereocenters. The van der Waals surface area contributed by atoms with Crippen LogP contribution in [0.1, 0.15) is 47.5 Å². The highest BCUT2D eigenvalue weighted by Gasteiger charge is 2.33. The first-order valence-electron chi connectivity index (χ1n) is 6.61. The number of hydrogen-bond donors (Lipinski definition) is 0. The van der Waals surface area contributed by atoms with Crippen molar-refractivity contribution in [2.24, 2.45) is 4.99 Å². The molecule has 0 N–H and O–H groups in total. The summed E-state index contributed by atoms with van der Waals surface area (Å²) in [5.74, 6) is 0. The number of ether oxygens (including phenoxy) is 1. The summed E-state index contributed by atoms with van der Waals surface area (Å²) in [6.45, 7) is 10.3. The van der Waals surface area contributed by atoms with Crippen LogP contribution in [0.3, 0.4) is 0 Å². The Morgan fingerprint density at radius 2 is 2.11 bits per heavy atom. The summed E-state index contributed by atoms with van der Waals surface area (Å²) in [6.07, 6.45) is 3.57. The van der Waals surface area contributed by atoms with E-state index in [1.165, 1.54) is 0 Å². The molecular weight excluding hydrogens is 308 g/mol. The van der Waals surface area contributed by atoms with Crippen LogP contribution in [0.15, 0.2) is 15.7 Å². The van der Waals surface area contributed by atoms with E-state index in [1.54, 1.807) is 4.90 Å². The Bertz CT molecular complexity index is 397. The van der Waals surface area contributed by atoms with Crippen LogP contribution < -0.4 is 0 Å². The molecule has 5 heteroatoms. The van der Waals surface area contributed by atoms with Crippen LogP contribution >= 0.6 is 15.9 Å². The van der Waals surface area contributed by atoms with Gasteiger partial charge in [-0.05, 0) is 63.4 Å². The quantitative estimate of drug-likeness (QED) is 0.565. The number of nitrogens with zero attached hydrogens (tertiary/aromatic N) is 2. The number of hydrogen-bond acceptors (Lipinski definition) is 3. The molecule has 4 nitrogen and oxygen atoms in total. The molecule has 108 valence electrons. The van der Waals surface area contributed by atoms with E-state index in [2.05, 4.69) is 20.9 Å². The number of amides is 1. The molecule has 0 aliphatic carbocycles. The third-order valence-corrected chi connectivity index (χ3v) is 3.52. The first kappa shape index (κ1) is 16.2. The number of carbonyl (C=O) groups is 1. The van der Waals surface area contributed by atoms with Gasteiger partial charge in [-0.2, -0.15) is 0 Å². The topological polar surface area (TPSA) is 41.9 Å². The van der Waals surface area contributed by atoms with E-state index in [1.807, 2.05) is 40.7 Å². The second-order valence-corrected chi connectivity index (χ2v) is 6.51. The highest BCUT2D eigenvalue weighted by molar-refractivity contribution is 9.11. The van der Waals surface area contributed by atoms with E-state index in [0.29, 0.717) is 0 Å². The third kappa shape index (κ3) is 4.97. The van der Waals surface area contributed by atoms with Gasteiger partial charge in [-0.15, -0.1) is 0 Å². The van der Waals surface area contributed by atoms with Crippen LogP contribution in [0, 0.1) is 0 Å². The maximum Gasteiger partial charge on any atom is 0.410 e. The number of halogens is 1. The zero-order chi connectivity index (χ0) is 14.6. The summed E-state index contributed by atoms with van der Waals surface area (Å²) in [5.41, 5.74) is 0.479. The lowest BCUT2D eigenvalue weighted by molar-refractivity contribution is 0.0265. The lowest BCUT2D eigenvalue weighted by Crippen LogP contribution is -2.42. The Kier molecular flexibility index (Phi) is 5.59. The molecule has 1 fully saturated rings. The molecule has 1 heterocycles. The summed E-state index contributed by atoms with van der Waals surface area (Å²) in [5, 5.41) is 0. The maximum atomic E-state index is 12.2. The van der Waals surface area contributed by atoms with Gasteiger partial charge in [0.05, 0.1) is 6.04 Å². The van der Waals surface area contributed by atoms with E-state index in [-0.39, 0.29) is 12.1 Å². The van der Waals surface area contributed by atoms with Crippen LogP contribution in [-0.4, -0.2) is 34.9 Å². The average Bonchev–Trinajstić information content (AvgIpc) is 2.75. The van der Waals surface area contributed by atoms with Gasteiger partial charge in [0.25, 0.3) is 0 Å². The molecule has 1 saturated heterocycles. The molecule has 0 aromatic rings. The average molecular weight is 331 g/mol. The number of carbonyl (C=O) groups excluding carboxylic acids is 1. The molecule has 1 amide bonds. The summed E-state index contributed by atoms with van der Waals surface area (Å²) < 4.78 is 6.23. The molecule has 1 aliphatic rings. The zero-order valence-electron chi connectivity index (χ0n) is 12.4. The smallest absolute Gasteiger partial charge is 0.410 e. The number of aliphatic imine (C=N–C) groups is 1. The van der Waals surface area contributed by atoms with Crippen molar-refractivity contribution in [1.29, 1.82) is 0 Å². The predicted molar refractivity (Wildman–Crippen MR) is 81.8 cm³/mol. The van der Waals surface area contributed by atoms with Crippen molar-refractivity contribution in [3.63, 3.8) is 0 Å². The predicted octanol–water partition coefficient (Wildman–Crippen LogP) is 4.10. The van der Waals surface area contributed by atoms with Gasteiger partial charge in [0.1, 0.15) is 10.2 Å². The van der Waals surface area contributed by atoms with Crippen LogP contribution in [0.2, 0.25) is 0 Å². The molecule has 0 aromatic heterocycles. The first-order chi connectivity index (χ1) is 8.74. The minimum atomic E-state index is -0.459. The minimum absolute atomic E-state index is 0.0438. The van der Waals surface area contributed by atoms with Crippen molar-refractivity contribution < 1.29 is 9.53 Å². The van der Waals surface area contributed by atoms with Gasteiger partial charge in [-0.3, -0.25) is 4.90 Å². The van der Waals surface area contributed by atoms with Gasteiger partial charge in [-0.1, -0.05) is 6.08 Å². The van der Waals surface area contributed by atoms with Gasteiger partial charge < -0.3 is 4.74 Å². The van der Waals surface area contributed by atoms with Gasteiger partial charge in [0.2, 0.25) is 0 Å². The van der Waals surface area contributed by atoms with Gasteiger partial charge in [-0.25, -0.2) is 9.79 Å². The van der Waals surface area contributed by atoms with Crippen molar-refractivity contribution in [2.45, 2.75) is 59.1 Å². The largest absolute Gasteiger partial charge is 0.444 e. The van der Waals surface area contributed by atoms with Crippen LogP contribution in [0.5, 0.6) is 0 Å². The maximum absolute atomic E-state index is 12.2. The van der Waals surface area contributed by atoms with E-state index in [9.17, 15) is 4.79 Å². The molecule has 1 rings (SSSR count). The lowest BCUT2D eigenvalue weighted by atomic mass is 10.1. The SMILES string of the molecule is C/C=C(/Br)N=C(C)[C@@H]1CCCN1C(=O)OC(C)(C)C. The summed E-state index contributed by atoms with van der Waals surface area (Å²) in [6, 6.07) is 0.0438. The second kappa shape index (κ2) is 6.55. The summed E-state index contributed by atoms with van der Waals surface area (Å²) in [7, 11) is 0. The Hall–Kier alpha value is -0.840. The molecule has 0 spiro atoms. The standard InChI is InChI=1S/C14H23BrN2O2/c1-6-12(15)16-10(2)11-8-7-9-17(11)13(18)19-14(3,4)5/h6,11H,7-9H2,1-5H3/b12-6-,16-10?/t11-/m0/s1. The van der Waals surface area contributed by atoms with E-state index >= 15 is 0 Å². The van der Waals surface area contributed by atoms with Gasteiger partial charge in [0.15, 0.2) is 0 Å². The van der Waals surface area contributed by atoms with Gasteiger partial charge in [0, 0.05) is 12.3 Å². The normalized spacial score (nSPS) is 21.8. The van der Waals surface area contributed by atoms with E-state index in [0.717, 1.165) is 29.7 Å². The zero-order valence-corrected chi connectivity index (χ0v) is 14.0. The van der Waals surface area contributed by atoms with Crippen molar-refractivity contribution in [3.05, 3.63) is 10.7 Å². The fourth-order valence-electron chi connectivity index (χ4n) is 2.05. The van der Waals surface area contributed by atoms with Crippen molar-refractivity contribution in [2.75, 3.05) is 6.54 Å². The molecule has 0 radical (unpaired) electrons. The van der Waals surface area contributed by atoms with E-state index in [4.69, 9.17) is 4.74 Å². The highest BCUT2D eigenvalue weighted by atomic mass is 79.9. The number of rotatable bonds is 2. The molecule has 19 heavy (non-hydrogen) atoms. The Morgan fingerprint density at radius 1 is 1.47 bits per heavy atom. The molecule has 0 bridgehead atoms. The molecule has 1 atom stereocenters. The lowest BCUT2D eigenvalue weighted by Gasteiger charge is -2.28. The van der Waals surface area contributed by atoms with Crippen LogP contribution in [0.4, 0.5) is 4.79 Å². The van der Waals surface area contributed by atoms with Crippen molar-refractivity contribution >= 4 is 27.7 Å². The van der Waals surface area contributed by atoms with Crippen molar-refractivity contribution in [1.82, 2.24) is 4.90 Å². The number of allylic oxidation sites excluding steroid dienone is 1. The fraction of sp³-hybridized carbons (Fsp3) is 0.714. The Balaban J connectivity index is 2.79. The van der Waals surface area contributed by atoms with Crippen molar-refractivity contribution in [3.8, 4) is 0 Å². The van der Waals surface area contributed by atoms with Crippen LogP contribution in [-0.2, 0) is 4.74 Å². The minimum Gasteiger partial charge on any atom is -0.444 e. The third-order valence-electron chi connectivity index (χ3n) is 2.88. The first-order valence-corrected chi connectivity index (χ1v) is 7.40. The fourth-order valence-corrected chi connectivity index (χ4v) is 2.33. The Morgan fingerprint density at radius 3 is 2.63 bits per heavy atom. The van der Waals surface area contributed by atoms with Crippen LogP contribution in [0.25, 0.3) is 0 Å². The summed E-state index contributed by atoms with van der Waals surface area (Å²) in [4.78, 5) is 18.4. The molecule has 0 aromatic carbocycles.